The van der Waals surface area contributed by atoms with E-state index in [0.717, 1.165) is 7.05 Å². The van der Waals surface area contributed by atoms with E-state index in [1.807, 2.05) is 0 Å². The lowest BCUT2D eigenvalue weighted by Gasteiger charge is -2.18. The molecular formula is C12H12F3NO3. The van der Waals surface area contributed by atoms with E-state index in [1.54, 1.807) is 6.07 Å². The van der Waals surface area contributed by atoms with Crippen molar-refractivity contribution in [2.24, 2.45) is 0 Å². The highest BCUT2D eigenvalue weighted by atomic mass is 19.4. The zero-order chi connectivity index (χ0) is 14.6. The number of hydrogen-bond acceptors (Lipinski definition) is 2. The lowest BCUT2D eigenvalue weighted by atomic mass is 10.0. The lowest BCUT2D eigenvalue weighted by Crippen LogP contribution is -2.39. The van der Waals surface area contributed by atoms with Crippen molar-refractivity contribution in [3.05, 3.63) is 35.4 Å². The van der Waals surface area contributed by atoms with E-state index < -0.39 is 18.1 Å². The molecule has 0 heterocycles. The number of benzene rings is 1. The standard InChI is InChI=1S/C12H12F3NO3/c1-16(11(19)12(13,14)15)7-6-8-4-2-3-5-9(8)10(17)18/h2-5H,6-7H2,1H3,(H,17,18). The number of carbonyl (C=O) groups excluding carboxylic acids is 1. The molecular weight excluding hydrogens is 263 g/mol. The summed E-state index contributed by atoms with van der Waals surface area (Å²) >= 11 is 0. The molecule has 0 spiro atoms. The number of aromatic carboxylic acids is 1. The fourth-order valence-corrected chi connectivity index (χ4v) is 1.55. The summed E-state index contributed by atoms with van der Waals surface area (Å²) in [5, 5.41) is 8.91. The number of carboxylic acid groups (broad SMARTS) is 1. The maximum absolute atomic E-state index is 12.1. The fourth-order valence-electron chi connectivity index (χ4n) is 1.55. The normalized spacial score (nSPS) is 11.2. The topological polar surface area (TPSA) is 57.6 Å². The summed E-state index contributed by atoms with van der Waals surface area (Å²) < 4.78 is 36.4. The quantitative estimate of drug-likeness (QED) is 0.913. The molecule has 1 N–H and O–H groups in total. The first-order valence-electron chi connectivity index (χ1n) is 5.37. The third kappa shape index (κ3) is 3.97. The summed E-state index contributed by atoms with van der Waals surface area (Å²) in [7, 11) is 1.03. The molecule has 0 bridgehead atoms. The molecule has 0 saturated heterocycles. The van der Waals surface area contributed by atoms with Crippen molar-refractivity contribution in [1.82, 2.24) is 4.90 Å². The Balaban J connectivity index is 2.73. The summed E-state index contributed by atoms with van der Waals surface area (Å²) in [5.74, 6) is -3.10. The van der Waals surface area contributed by atoms with E-state index in [2.05, 4.69) is 0 Å². The molecule has 0 aliphatic rings. The molecule has 1 aromatic carbocycles. The van der Waals surface area contributed by atoms with Crippen molar-refractivity contribution in [3.8, 4) is 0 Å². The van der Waals surface area contributed by atoms with Crippen molar-refractivity contribution in [3.63, 3.8) is 0 Å². The van der Waals surface area contributed by atoms with Gasteiger partial charge in [0.1, 0.15) is 0 Å². The van der Waals surface area contributed by atoms with E-state index in [-0.39, 0.29) is 18.5 Å². The van der Waals surface area contributed by atoms with Crippen molar-refractivity contribution in [1.29, 1.82) is 0 Å². The third-order valence-corrected chi connectivity index (χ3v) is 2.55. The molecule has 0 saturated carbocycles. The molecule has 0 aliphatic heterocycles. The molecule has 0 fully saturated rings. The van der Waals surface area contributed by atoms with Crippen LogP contribution in [0.1, 0.15) is 15.9 Å². The van der Waals surface area contributed by atoms with Gasteiger partial charge in [0, 0.05) is 13.6 Å². The molecule has 7 heteroatoms. The van der Waals surface area contributed by atoms with Gasteiger partial charge < -0.3 is 10.0 Å². The van der Waals surface area contributed by atoms with Gasteiger partial charge >= 0.3 is 18.1 Å². The van der Waals surface area contributed by atoms with Crippen molar-refractivity contribution >= 4 is 11.9 Å². The van der Waals surface area contributed by atoms with Crippen LogP contribution in [0.5, 0.6) is 0 Å². The van der Waals surface area contributed by atoms with Crippen LogP contribution in [0.15, 0.2) is 24.3 Å². The summed E-state index contributed by atoms with van der Waals surface area (Å²) in [6.45, 7) is -0.206. The van der Waals surface area contributed by atoms with Crippen LogP contribution in [0.25, 0.3) is 0 Å². The first kappa shape index (κ1) is 15.0. The molecule has 4 nitrogen and oxygen atoms in total. The van der Waals surface area contributed by atoms with Gasteiger partial charge in [-0.25, -0.2) is 4.79 Å². The summed E-state index contributed by atoms with van der Waals surface area (Å²) in [4.78, 5) is 22.3. The van der Waals surface area contributed by atoms with Gasteiger partial charge in [-0.3, -0.25) is 4.79 Å². The minimum atomic E-state index is -4.92. The number of alkyl halides is 3. The predicted octanol–water partition coefficient (Wildman–Crippen LogP) is 1.95. The summed E-state index contributed by atoms with van der Waals surface area (Å²) in [6.07, 6.45) is -4.87. The highest BCUT2D eigenvalue weighted by Crippen LogP contribution is 2.18. The molecule has 0 aliphatic carbocycles. The van der Waals surface area contributed by atoms with Crippen molar-refractivity contribution in [2.45, 2.75) is 12.6 Å². The molecule has 0 unspecified atom stereocenters. The van der Waals surface area contributed by atoms with Gasteiger partial charge in [-0.1, -0.05) is 18.2 Å². The van der Waals surface area contributed by atoms with Gasteiger partial charge in [-0.2, -0.15) is 13.2 Å². The van der Waals surface area contributed by atoms with Crippen LogP contribution in [0, 0.1) is 0 Å². The Hall–Kier alpha value is -2.05. The average Bonchev–Trinajstić information content (AvgIpc) is 2.34. The Morgan fingerprint density at radius 1 is 1.26 bits per heavy atom. The van der Waals surface area contributed by atoms with Crippen LogP contribution in [0.3, 0.4) is 0 Å². The number of amides is 1. The summed E-state index contributed by atoms with van der Waals surface area (Å²) in [6, 6.07) is 5.99. The minimum Gasteiger partial charge on any atom is -0.478 e. The minimum absolute atomic E-state index is 0.0235. The smallest absolute Gasteiger partial charge is 0.471 e. The number of nitrogens with zero attached hydrogens (tertiary/aromatic N) is 1. The first-order chi connectivity index (χ1) is 8.73. The van der Waals surface area contributed by atoms with Crippen molar-refractivity contribution in [2.75, 3.05) is 13.6 Å². The van der Waals surface area contributed by atoms with Gasteiger partial charge in [0.25, 0.3) is 0 Å². The van der Waals surface area contributed by atoms with Crippen LogP contribution in [-0.4, -0.2) is 41.7 Å². The van der Waals surface area contributed by atoms with Gasteiger partial charge in [0.05, 0.1) is 5.56 Å². The highest BCUT2D eigenvalue weighted by molar-refractivity contribution is 5.89. The Morgan fingerprint density at radius 2 is 1.84 bits per heavy atom. The molecule has 1 amide bonds. The molecule has 1 aromatic rings. The number of carboxylic acids is 1. The number of carbonyl (C=O) groups is 2. The van der Waals surface area contributed by atoms with E-state index >= 15 is 0 Å². The molecule has 0 aromatic heterocycles. The summed E-state index contributed by atoms with van der Waals surface area (Å²) in [5.41, 5.74) is 0.409. The molecule has 19 heavy (non-hydrogen) atoms. The lowest BCUT2D eigenvalue weighted by molar-refractivity contribution is -0.184. The Bertz CT molecular complexity index is 485. The second kappa shape index (κ2) is 5.73. The van der Waals surface area contributed by atoms with E-state index in [4.69, 9.17) is 5.11 Å². The van der Waals surface area contributed by atoms with Gasteiger partial charge in [0.15, 0.2) is 0 Å². The van der Waals surface area contributed by atoms with Crippen LogP contribution in [0.4, 0.5) is 13.2 Å². The number of hydrogen-bond donors (Lipinski definition) is 1. The van der Waals surface area contributed by atoms with Crippen LogP contribution >= 0.6 is 0 Å². The number of rotatable bonds is 4. The predicted molar refractivity (Wildman–Crippen MR) is 60.8 cm³/mol. The van der Waals surface area contributed by atoms with E-state index in [1.165, 1.54) is 18.2 Å². The largest absolute Gasteiger partial charge is 0.478 e. The zero-order valence-corrected chi connectivity index (χ0v) is 10.1. The van der Waals surface area contributed by atoms with Crippen molar-refractivity contribution < 1.29 is 27.9 Å². The molecule has 0 atom stereocenters. The molecule has 104 valence electrons. The molecule has 1 rings (SSSR count). The first-order valence-corrected chi connectivity index (χ1v) is 5.37. The number of likely N-dealkylation sites (N-methyl/N-ethyl adjacent to an activating group) is 1. The Labute approximate surface area is 107 Å². The Morgan fingerprint density at radius 3 is 2.37 bits per heavy atom. The van der Waals surface area contributed by atoms with E-state index in [9.17, 15) is 22.8 Å². The third-order valence-electron chi connectivity index (χ3n) is 2.55. The monoisotopic (exact) mass is 275 g/mol. The van der Waals surface area contributed by atoms with Gasteiger partial charge in [-0.05, 0) is 18.1 Å². The van der Waals surface area contributed by atoms with Crippen LogP contribution < -0.4 is 0 Å². The fraction of sp³-hybridized carbons (Fsp3) is 0.333. The second-order valence-electron chi connectivity index (χ2n) is 3.94. The average molecular weight is 275 g/mol. The zero-order valence-electron chi connectivity index (χ0n) is 10.1. The van der Waals surface area contributed by atoms with Gasteiger partial charge in [-0.15, -0.1) is 0 Å². The Kier molecular flexibility index (Phi) is 4.52. The maximum Gasteiger partial charge on any atom is 0.471 e. The SMILES string of the molecule is CN(CCc1ccccc1C(=O)O)C(=O)C(F)(F)F. The maximum atomic E-state index is 12.1. The van der Waals surface area contributed by atoms with E-state index in [0.29, 0.717) is 10.5 Å². The molecule has 0 radical (unpaired) electrons. The number of halogens is 3. The van der Waals surface area contributed by atoms with Crippen LogP contribution in [-0.2, 0) is 11.2 Å². The van der Waals surface area contributed by atoms with Crippen LogP contribution in [0.2, 0.25) is 0 Å². The van der Waals surface area contributed by atoms with Gasteiger partial charge in [0.2, 0.25) is 0 Å². The highest BCUT2D eigenvalue weighted by Gasteiger charge is 2.40. The second-order valence-corrected chi connectivity index (χ2v) is 3.94.